The van der Waals surface area contributed by atoms with Gasteiger partial charge >= 0.3 is 5.97 Å². The van der Waals surface area contributed by atoms with E-state index in [2.05, 4.69) is 28.2 Å². The molecule has 13 heteroatoms. The lowest BCUT2D eigenvalue weighted by Gasteiger charge is -2.37. The Balaban J connectivity index is 1.13. The highest BCUT2D eigenvalue weighted by Crippen LogP contribution is 2.50. The monoisotopic (exact) mass is 788 g/mol. The predicted molar refractivity (Wildman–Crippen MR) is 210 cm³/mol. The van der Waals surface area contributed by atoms with Crippen LogP contribution >= 0.6 is 0 Å². The van der Waals surface area contributed by atoms with Crippen LogP contribution in [0.1, 0.15) is 134 Å². The zero-order valence-corrected chi connectivity index (χ0v) is 34.2. The Morgan fingerprint density at radius 3 is 2.55 bits per heavy atom. The van der Waals surface area contributed by atoms with Crippen LogP contribution in [0.2, 0.25) is 0 Å². The molecule has 56 heavy (non-hydrogen) atoms. The third kappa shape index (κ3) is 7.44. The number of sulfonamides is 1. The molecule has 0 unspecified atom stereocenters. The number of carbonyl (C=O) groups is 4. The Labute approximate surface area is 330 Å². The third-order valence-corrected chi connectivity index (χ3v) is 15.2. The van der Waals surface area contributed by atoms with E-state index in [1.807, 2.05) is 19.1 Å². The van der Waals surface area contributed by atoms with Crippen molar-refractivity contribution in [2.24, 2.45) is 11.8 Å². The van der Waals surface area contributed by atoms with E-state index in [1.54, 1.807) is 32.6 Å². The minimum absolute atomic E-state index is 0.114. The van der Waals surface area contributed by atoms with Crippen LogP contribution in [0.25, 0.3) is 10.9 Å². The van der Waals surface area contributed by atoms with Crippen LogP contribution in [0.5, 0.6) is 5.75 Å². The molecular formula is C43H56N4O8S. The molecule has 0 radical (unpaired) electrons. The number of hydrogen-bond donors (Lipinski definition) is 2. The van der Waals surface area contributed by atoms with E-state index in [0.29, 0.717) is 50.2 Å². The van der Waals surface area contributed by atoms with E-state index in [9.17, 15) is 27.6 Å². The lowest BCUT2D eigenvalue weighted by Crippen LogP contribution is -2.57. The summed E-state index contributed by atoms with van der Waals surface area (Å²) in [5.41, 5.74) is 0.901. The zero-order chi connectivity index (χ0) is 39.8. The van der Waals surface area contributed by atoms with Gasteiger partial charge in [-0.05, 0) is 122 Å². The summed E-state index contributed by atoms with van der Waals surface area (Å²) in [6.45, 7) is 9.03. The first kappa shape index (κ1) is 38.9. The van der Waals surface area contributed by atoms with Gasteiger partial charge in [0.05, 0.1) is 28.9 Å². The van der Waals surface area contributed by atoms with Crippen LogP contribution in [0.4, 0.5) is 0 Å². The number of aryl methyl sites for hydroxylation is 2. The predicted octanol–water partition coefficient (Wildman–Crippen LogP) is 5.83. The van der Waals surface area contributed by atoms with E-state index >= 15 is 0 Å². The summed E-state index contributed by atoms with van der Waals surface area (Å²) in [6, 6.07) is 5.46. The van der Waals surface area contributed by atoms with Gasteiger partial charge in [0.15, 0.2) is 0 Å². The molecule has 1 saturated heterocycles. The Hall–Kier alpha value is -4.00. The molecule has 3 amide bonds. The topological polar surface area (TPSA) is 161 Å². The number of aromatic nitrogens is 1. The number of esters is 1. The van der Waals surface area contributed by atoms with Gasteiger partial charge in [-0.2, -0.15) is 0 Å². The molecule has 302 valence electrons. The average molecular weight is 789 g/mol. The second-order valence-electron chi connectivity index (χ2n) is 18.7. The van der Waals surface area contributed by atoms with Gasteiger partial charge in [-0.15, -0.1) is 0 Å². The number of fused-ring (bicyclic) bond motifs is 5. The number of hydrogen-bond acceptors (Lipinski definition) is 9. The fraction of sp³-hybridized carbons (Fsp3) is 0.651. The summed E-state index contributed by atoms with van der Waals surface area (Å²) in [7, 11) is -3.97. The fourth-order valence-corrected chi connectivity index (χ4v) is 10.4. The number of allylic oxidation sites excluding steroid dienone is 1. The summed E-state index contributed by atoms with van der Waals surface area (Å²) in [5, 5.41) is 4.06. The first-order valence-electron chi connectivity index (χ1n) is 20.6. The molecule has 8 rings (SSSR count). The van der Waals surface area contributed by atoms with Crippen molar-refractivity contribution in [3.8, 4) is 5.75 Å². The molecule has 4 fully saturated rings. The SMILES string of the molecule is Cc1nc2ccc(C3CC3)cc2c2c1O[C@]1(CC2)C[C@H]2C(=O)N[C@]3(C(=O)NS(=O)(=O)C4(C)CC4)C[C@H]3/C=C\CCCCC[C@H](CC(=O)OC(C)(C)C)C(=O)N2C1. The third-order valence-electron chi connectivity index (χ3n) is 13.0. The first-order chi connectivity index (χ1) is 26.4. The fourth-order valence-electron chi connectivity index (χ4n) is 9.10. The van der Waals surface area contributed by atoms with E-state index in [-0.39, 0.29) is 31.7 Å². The number of nitrogens with zero attached hydrogens (tertiary/aromatic N) is 2. The maximum atomic E-state index is 14.8. The van der Waals surface area contributed by atoms with E-state index in [4.69, 9.17) is 14.5 Å². The van der Waals surface area contributed by atoms with Gasteiger partial charge in [0.25, 0.3) is 5.91 Å². The minimum atomic E-state index is -3.97. The quantitative estimate of drug-likeness (QED) is 0.271. The number of benzene rings is 1. The number of nitrogens with one attached hydrogen (secondary N) is 2. The number of rotatable bonds is 6. The summed E-state index contributed by atoms with van der Waals surface area (Å²) in [4.78, 5) is 63.3. The summed E-state index contributed by atoms with van der Waals surface area (Å²) < 4.78 is 40.4. The van der Waals surface area contributed by atoms with E-state index in [1.165, 1.54) is 18.4 Å². The van der Waals surface area contributed by atoms with Crippen LogP contribution < -0.4 is 14.8 Å². The van der Waals surface area contributed by atoms with Crippen LogP contribution in [0.15, 0.2) is 30.4 Å². The van der Waals surface area contributed by atoms with Gasteiger partial charge in [-0.3, -0.25) is 23.9 Å². The highest BCUT2D eigenvalue weighted by molar-refractivity contribution is 7.91. The average Bonchev–Trinajstić information content (AvgIpc) is 4.05. The van der Waals surface area contributed by atoms with Gasteiger partial charge in [-0.1, -0.05) is 31.1 Å². The van der Waals surface area contributed by atoms with E-state index in [0.717, 1.165) is 41.4 Å². The molecule has 3 aliphatic carbocycles. The normalized spacial score (nSPS) is 30.8. The van der Waals surface area contributed by atoms with Gasteiger partial charge in [0.1, 0.15) is 28.5 Å². The molecule has 5 atom stereocenters. The molecule has 0 bridgehead atoms. The van der Waals surface area contributed by atoms with Crippen LogP contribution in [0, 0.1) is 18.8 Å². The lowest BCUT2D eigenvalue weighted by atomic mass is 9.86. The molecule has 1 aromatic heterocycles. The summed E-state index contributed by atoms with van der Waals surface area (Å²) in [6.07, 6.45) is 12.2. The van der Waals surface area contributed by atoms with Crippen molar-refractivity contribution in [1.29, 1.82) is 0 Å². The molecule has 2 aromatic rings. The Bertz CT molecular complexity index is 2120. The molecule has 3 saturated carbocycles. The van der Waals surface area contributed by atoms with Crippen LogP contribution in [-0.4, -0.2) is 76.1 Å². The van der Waals surface area contributed by atoms with Gasteiger partial charge in [0.2, 0.25) is 21.8 Å². The Kier molecular flexibility index (Phi) is 9.60. The summed E-state index contributed by atoms with van der Waals surface area (Å²) >= 11 is 0. The molecule has 3 aliphatic heterocycles. The smallest absolute Gasteiger partial charge is 0.307 e. The molecule has 4 heterocycles. The second-order valence-corrected chi connectivity index (χ2v) is 20.9. The molecule has 1 aromatic carbocycles. The summed E-state index contributed by atoms with van der Waals surface area (Å²) in [5.74, 6) is -1.98. The minimum Gasteiger partial charge on any atom is -0.483 e. The standard InChI is InChI=1S/C43H56N4O8S/c1-26-36-31(32-21-28(27-13-14-27)15-16-33(32)44-26)17-18-42(55-36)24-34-37(49)45-43(39(51)46-56(52,53)41(5)19-20-41)23-30(43)12-10-8-6-7-9-11-29(38(50)47(34)25-42)22-35(48)54-40(2,3)4/h10,12,15-16,21,27,29-30,34H,6-9,11,13-14,17-20,22-25H2,1-5H3,(H,45,49)(H,46,51)/b12-10-/t29-,30-,34+,42-,43-/m1/s1. The number of ether oxygens (including phenoxy) is 2. The molecule has 12 nitrogen and oxygen atoms in total. The van der Waals surface area contributed by atoms with E-state index < -0.39 is 67.2 Å². The van der Waals surface area contributed by atoms with Crippen molar-refractivity contribution in [2.75, 3.05) is 6.54 Å². The Morgan fingerprint density at radius 2 is 1.84 bits per heavy atom. The highest BCUT2D eigenvalue weighted by Gasteiger charge is 2.64. The maximum Gasteiger partial charge on any atom is 0.307 e. The molecule has 2 N–H and O–H groups in total. The number of amides is 3. The zero-order valence-electron chi connectivity index (χ0n) is 33.4. The van der Waals surface area contributed by atoms with Crippen molar-refractivity contribution in [3.05, 3.63) is 47.2 Å². The maximum absolute atomic E-state index is 14.8. The van der Waals surface area contributed by atoms with Gasteiger partial charge < -0.3 is 19.7 Å². The molecular weight excluding hydrogens is 733 g/mol. The molecule has 1 spiro atoms. The van der Waals surface area contributed by atoms with Gasteiger partial charge in [0, 0.05) is 29.2 Å². The van der Waals surface area contributed by atoms with Crippen molar-refractivity contribution in [3.63, 3.8) is 0 Å². The van der Waals surface area contributed by atoms with Crippen molar-refractivity contribution >= 4 is 44.6 Å². The van der Waals surface area contributed by atoms with Crippen LogP contribution in [0.3, 0.4) is 0 Å². The van der Waals surface area contributed by atoms with Crippen molar-refractivity contribution in [1.82, 2.24) is 19.9 Å². The number of carbonyl (C=O) groups excluding carboxylic acids is 4. The van der Waals surface area contributed by atoms with Crippen LogP contribution in [-0.2, 0) is 40.4 Å². The number of pyridine rings is 1. The largest absolute Gasteiger partial charge is 0.483 e. The van der Waals surface area contributed by atoms with Crippen molar-refractivity contribution < 1.29 is 37.1 Å². The lowest BCUT2D eigenvalue weighted by molar-refractivity contribution is -0.159. The highest BCUT2D eigenvalue weighted by atomic mass is 32.2. The Morgan fingerprint density at radius 1 is 1.07 bits per heavy atom. The van der Waals surface area contributed by atoms with Crippen molar-refractivity contribution in [2.45, 2.75) is 158 Å². The molecule has 6 aliphatic rings. The van der Waals surface area contributed by atoms with Gasteiger partial charge in [-0.25, -0.2) is 13.4 Å². The first-order valence-corrected chi connectivity index (χ1v) is 22.1. The second kappa shape index (κ2) is 13.8.